The molecule has 1 amide bonds. The van der Waals surface area contributed by atoms with E-state index in [9.17, 15) is 4.79 Å². The molecule has 1 aromatic carbocycles. The van der Waals surface area contributed by atoms with Crippen molar-refractivity contribution in [1.29, 1.82) is 0 Å². The van der Waals surface area contributed by atoms with Crippen LogP contribution in [-0.2, 0) is 17.8 Å². The summed E-state index contributed by atoms with van der Waals surface area (Å²) in [5, 5.41) is 0. The Morgan fingerprint density at radius 1 is 1.04 bits per heavy atom. The summed E-state index contributed by atoms with van der Waals surface area (Å²) in [5.74, 6) is -0.00754. The number of anilines is 1. The molecule has 5 nitrogen and oxygen atoms in total. The zero-order chi connectivity index (χ0) is 15.6. The lowest BCUT2D eigenvalue weighted by atomic mass is 10.1. The lowest BCUT2D eigenvalue weighted by Gasteiger charge is -2.27. The Morgan fingerprint density at radius 3 is 2.43 bits per heavy atom. The van der Waals surface area contributed by atoms with Crippen molar-refractivity contribution >= 4 is 11.6 Å². The van der Waals surface area contributed by atoms with Gasteiger partial charge in [-0.25, -0.2) is 0 Å². The van der Waals surface area contributed by atoms with Gasteiger partial charge in [-0.15, -0.1) is 0 Å². The molecule has 118 valence electrons. The monoisotopic (exact) mass is 309 g/mol. The topological polar surface area (TPSA) is 45.7 Å². The first-order chi connectivity index (χ1) is 11.3. The zero-order valence-electron chi connectivity index (χ0n) is 12.9. The minimum absolute atomic E-state index is 0.00754. The molecule has 1 aromatic heterocycles. The number of ether oxygens (including phenoxy) is 1. The van der Waals surface area contributed by atoms with E-state index in [4.69, 9.17) is 4.74 Å². The Bertz CT molecular complexity index is 701. The van der Waals surface area contributed by atoms with Gasteiger partial charge in [0.05, 0.1) is 13.2 Å². The SMILES string of the molecule is O=C(c1cc(N2Cc3ccccc3C2)ccn1)N1CCOCC1. The van der Waals surface area contributed by atoms with Crippen LogP contribution in [0.15, 0.2) is 42.6 Å². The lowest BCUT2D eigenvalue weighted by molar-refractivity contribution is 0.0299. The van der Waals surface area contributed by atoms with Gasteiger partial charge in [0.25, 0.3) is 5.91 Å². The summed E-state index contributed by atoms with van der Waals surface area (Å²) < 4.78 is 5.30. The molecular weight excluding hydrogens is 290 g/mol. The molecule has 5 heteroatoms. The van der Waals surface area contributed by atoms with Gasteiger partial charge < -0.3 is 14.5 Å². The molecule has 0 aliphatic carbocycles. The van der Waals surface area contributed by atoms with Gasteiger partial charge in [-0.1, -0.05) is 24.3 Å². The second kappa shape index (κ2) is 6.01. The average Bonchev–Trinajstić information content (AvgIpc) is 3.06. The summed E-state index contributed by atoms with van der Waals surface area (Å²) in [6, 6.07) is 12.4. The molecule has 0 unspecified atom stereocenters. The Balaban J connectivity index is 1.54. The third-order valence-corrected chi connectivity index (χ3v) is 4.47. The molecule has 0 spiro atoms. The smallest absolute Gasteiger partial charge is 0.272 e. The van der Waals surface area contributed by atoms with Crippen molar-refractivity contribution in [2.45, 2.75) is 13.1 Å². The van der Waals surface area contributed by atoms with E-state index in [-0.39, 0.29) is 5.91 Å². The van der Waals surface area contributed by atoms with Gasteiger partial charge in [0, 0.05) is 38.1 Å². The molecule has 0 N–H and O–H groups in total. The summed E-state index contributed by atoms with van der Waals surface area (Å²) in [7, 11) is 0. The number of carbonyl (C=O) groups excluding carboxylic acids is 1. The van der Waals surface area contributed by atoms with Crippen LogP contribution in [0.5, 0.6) is 0 Å². The van der Waals surface area contributed by atoms with Crippen molar-refractivity contribution in [2.24, 2.45) is 0 Å². The highest BCUT2D eigenvalue weighted by Gasteiger charge is 2.22. The number of fused-ring (bicyclic) bond motifs is 1. The molecule has 0 bridgehead atoms. The molecule has 2 aromatic rings. The van der Waals surface area contributed by atoms with Crippen LogP contribution in [0.4, 0.5) is 5.69 Å². The maximum atomic E-state index is 12.6. The van der Waals surface area contributed by atoms with Crippen molar-refractivity contribution in [1.82, 2.24) is 9.88 Å². The summed E-state index contributed by atoms with van der Waals surface area (Å²) in [5.41, 5.74) is 4.27. The van der Waals surface area contributed by atoms with E-state index in [2.05, 4.69) is 34.1 Å². The molecule has 2 aliphatic rings. The number of hydrogen-bond acceptors (Lipinski definition) is 4. The van der Waals surface area contributed by atoms with Crippen molar-refractivity contribution in [3.63, 3.8) is 0 Å². The van der Waals surface area contributed by atoms with Gasteiger partial charge in [0.15, 0.2) is 0 Å². The van der Waals surface area contributed by atoms with E-state index in [0.717, 1.165) is 18.8 Å². The first-order valence-corrected chi connectivity index (χ1v) is 7.96. The molecule has 1 fully saturated rings. The number of rotatable bonds is 2. The fraction of sp³-hybridized carbons (Fsp3) is 0.333. The van der Waals surface area contributed by atoms with Crippen LogP contribution in [0.1, 0.15) is 21.6 Å². The van der Waals surface area contributed by atoms with E-state index in [1.54, 1.807) is 6.20 Å². The molecule has 0 radical (unpaired) electrons. The molecular formula is C18H19N3O2. The highest BCUT2D eigenvalue weighted by Crippen LogP contribution is 2.28. The van der Waals surface area contributed by atoms with Gasteiger partial charge in [-0.3, -0.25) is 9.78 Å². The molecule has 4 rings (SSSR count). The highest BCUT2D eigenvalue weighted by molar-refractivity contribution is 5.93. The third kappa shape index (κ3) is 2.80. The first kappa shape index (κ1) is 14.2. The Hall–Kier alpha value is -2.40. The van der Waals surface area contributed by atoms with E-state index in [1.165, 1.54) is 11.1 Å². The van der Waals surface area contributed by atoms with Gasteiger partial charge in [-0.2, -0.15) is 0 Å². The zero-order valence-corrected chi connectivity index (χ0v) is 12.9. The van der Waals surface area contributed by atoms with Crippen LogP contribution < -0.4 is 4.90 Å². The lowest BCUT2D eigenvalue weighted by Crippen LogP contribution is -2.41. The minimum Gasteiger partial charge on any atom is -0.378 e. The third-order valence-electron chi connectivity index (χ3n) is 4.47. The molecule has 2 aliphatic heterocycles. The van der Waals surface area contributed by atoms with Crippen molar-refractivity contribution in [3.8, 4) is 0 Å². The Morgan fingerprint density at radius 2 is 1.74 bits per heavy atom. The number of carbonyl (C=O) groups is 1. The predicted octanol–water partition coefficient (Wildman–Crippen LogP) is 2.07. The van der Waals surface area contributed by atoms with Crippen molar-refractivity contribution in [2.75, 3.05) is 31.2 Å². The van der Waals surface area contributed by atoms with Crippen LogP contribution in [-0.4, -0.2) is 42.1 Å². The van der Waals surface area contributed by atoms with E-state index in [1.807, 2.05) is 17.0 Å². The van der Waals surface area contributed by atoms with Gasteiger partial charge >= 0.3 is 0 Å². The van der Waals surface area contributed by atoms with Crippen molar-refractivity contribution < 1.29 is 9.53 Å². The molecule has 1 saturated heterocycles. The number of morpholine rings is 1. The molecule has 3 heterocycles. The average molecular weight is 309 g/mol. The second-order valence-electron chi connectivity index (χ2n) is 5.93. The molecule has 0 saturated carbocycles. The maximum absolute atomic E-state index is 12.6. The molecule has 0 atom stereocenters. The largest absolute Gasteiger partial charge is 0.378 e. The second-order valence-corrected chi connectivity index (χ2v) is 5.93. The summed E-state index contributed by atoms with van der Waals surface area (Å²) in [6.07, 6.45) is 1.73. The summed E-state index contributed by atoms with van der Waals surface area (Å²) in [4.78, 5) is 20.9. The number of nitrogens with zero attached hydrogens (tertiary/aromatic N) is 3. The van der Waals surface area contributed by atoms with Gasteiger partial charge in [0.1, 0.15) is 5.69 Å². The van der Waals surface area contributed by atoms with Crippen LogP contribution in [0.3, 0.4) is 0 Å². The van der Waals surface area contributed by atoms with E-state index in [0.29, 0.717) is 32.0 Å². The minimum atomic E-state index is -0.00754. The number of amides is 1. The quantitative estimate of drug-likeness (QED) is 0.852. The normalized spacial score (nSPS) is 17.2. The van der Waals surface area contributed by atoms with Crippen molar-refractivity contribution in [3.05, 3.63) is 59.4 Å². The summed E-state index contributed by atoms with van der Waals surface area (Å²) >= 11 is 0. The van der Waals surface area contributed by atoms with E-state index < -0.39 is 0 Å². The fourth-order valence-corrected chi connectivity index (χ4v) is 3.18. The number of hydrogen-bond donors (Lipinski definition) is 0. The highest BCUT2D eigenvalue weighted by atomic mass is 16.5. The summed E-state index contributed by atoms with van der Waals surface area (Å²) in [6.45, 7) is 4.25. The molecule has 23 heavy (non-hydrogen) atoms. The van der Waals surface area contributed by atoms with E-state index >= 15 is 0 Å². The Labute approximate surface area is 135 Å². The van der Waals surface area contributed by atoms with Crippen LogP contribution in [0.2, 0.25) is 0 Å². The number of pyridine rings is 1. The fourth-order valence-electron chi connectivity index (χ4n) is 3.18. The first-order valence-electron chi connectivity index (χ1n) is 7.96. The number of aromatic nitrogens is 1. The van der Waals surface area contributed by atoms with Crippen LogP contribution >= 0.6 is 0 Å². The van der Waals surface area contributed by atoms with Gasteiger partial charge in [0.2, 0.25) is 0 Å². The van der Waals surface area contributed by atoms with Crippen LogP contribution in [0, 0.1) is 0 Å². The number of benzene rings is 1. The van der Waals surface area contributed by atoms with Crippen LogP contribution in [0.25, 0.3) is 0 Å². The predicted molar refractivity (Wildman–Crippen MR) is 87.3 cm³/mol. The van der Waals surface area contributed by atoms with Gasteiger partial charge in [-0.05, 0) is 23.3 Å². The Kier molecular flexibility index (Phi) is 3.71. The standard InChI is InChI=1S/C18H19N3O2/c22-18(20-7-9-23-10-8-20)17-11-16(5-6-19-17)21-12-14-3-1-2-4-15(14)13-21/h1-6,11H,7-10,12-13H2. The maximum Gasteiger partial charge on any atom is 0.272 e.